The number of imidazole rings is 1. The smallest absolute Gasteiger partial charge is 0.124 e. The van der Waals surface area contributed by atoms with Gasteiger partial charge in [0, 0.05) is 31.1 Å². The molecule has 2 N–H and O–H groups in total. The summed E-state index contributed by atoms with van der Waals surface area (Å²) < 4.78 is 0. The van der Waals surface area contributed by atoms with E-state index in [1.807, 2.05) is 19.1 Å². The predicted octanol–water partition coefficient (Wildman–Crippen LogP) is 2.35. The maximum Gasteiger partial charge on any atom is 0.124 e. The van der Waals surface area contributed by atoms with Gasteiger partial charge in [0.1, 0.15) is 11.6 Å². The summed E-state index contributed by atoms with van der Waals surface area (Å²) in [5.74, 6) is 1.14. The van der Waals surface area contributed by atoms with Gasteiger partial charge in [-0.05, 0) is 25.5 Å². The first-order chi connectivity index (χ1) is 9.75. The van der Waals surface area contributed by atoms with Crippen LogP contribution in [0.3, 0.4) is 0 Å². The van der Waals surface area contributed by atoms with E-state index in [4.69, 9.17) is 0 Å². The number of nitrogens with one attached hydrogen (secondary N) is 1. The summed E-state index contributed by atoms with van der Waals surface area (Å²) in [7, 11) is 0. The zero-order valence-electron chi connectivity index (χ0n) is 11.5. The summed E-state index contributed by atoms with van der Waals surface area (Å²) in [6.07, 6.45) is 6.10. The Hall–Kier alpha value is -2.43. The Labute approximate surface area is 118 Å². The van der Waals surface area contributed by atoms with Crippen molar-refractivity contribution >= 4 is 12.4 Å². The van der Waals surface area contributed by atoms with Crippen molar-refractivity contribution in [1.82, 2.24) is 9.97 Å². The lowest BCUT2D eigenvalue weighted by atomic mass is 10.2. The lowest BCUT2D eigenvalue weighted by molar-refractivity contribution is 0.474. The fraction of sp³-hybridized carbons (Fsp3) is 0.267. The molecule has 0 aliphatic heterocycles. The summed E-state index contributed by atoms with van der Waals surface area (Å²) in [5, 5.41) is 9.56. The van der Waals surface area contributed by atoms with Crippen LogP contribution in [0.5, 0.6) is 5.75 Å². The highest BCUT2D eigenvalue weighted by Gasteiger charge is 1.94. The Bertz CT molecular complexity index is 601. The van der Waals surface area contributed by atoms with Crippen LogP contribution in [-0.4, -0.2) is 40.6 Å². The largest absolute Gasteiger partial charge is 0.507 e. The summed E-state index contributed by atoms with van der Waals surface area (Å²) in [5.41, 5.74) is 1.66. The molecular weight excluding hydrogens is 252 g/mol. The first-order valence-electron chi connectivity index (χ1n) is 6.55. The van der Waals surface area contributed by atoms with Gasteiger partial charge in [-0.15, -0.1) is 0 Å². The molecule has 2 aromatic rings. The van der Waals surface area contributed by atoms with Crippen molar-refractivity contribution in [1.29, 1.82) is 0 Å². The van der Waals surface area contributed by atoms with E-state index in [-0.39, 0.29) is 5.75 Å². The molecular formula is C15H18N4O. The first kappa shape index (κ1) is 14.0. The Morgan fingerprint density at radius 2 is 1.95 bits per heavy atom. The zero-order chi connectivity index (χ0) is 14.2. The Kier molecular flexibility index (Phi) is 5.06. The normalized spacial score (nSPS) is 11.7. The highest BCUT2D eigenvalue weighted by atomic mass is 16.3. The van der Waals surface area contributed by atoms with Crippen molar-refractivity contribution in [3.05, 3.63) is 47.5 Å². The number of aromatic amines is 1. The molecule has 0 spiro atoms. The second-order valence-corrected chi connectivity index (χ2v) is 4.41. The molecule has 0 atom stereocenters. The highest BCUT2D eigenvalue weighted by molar-refractivity contribution is 5.83. The summed E-state index contributed by atoms with van der Waals surface area (Å²) in [6, 6.07) is 7.14. The first-order valence-corrected chi connectivity index (χ1v) is 6.55. The molecule has 5 nitrogen and oxygen atoms in total. The molecule has 1 aromatic carbocycles. The monoisotopic (exact) mass is 270 g/mol. The molecule has 1 heterocycles. The van der Waals surface area contributed by atoms with Gasteiger partial charge in [0.15, 0.2) is 0 Å². The van der Waals surface area contributed by atoms with Crippen molar-refractivity contribution in [2.45, 2.75) is 13.3 Å². The van der Waals surface area contributed by atoms with Crippen LogP contribution in [0.2, 0.25) is 0 Å². The molecule has 20 heavy (non-hydrogen) atoms. The van der Waals surface area contributed by atoms with Crippen molar-refractivity contribution in [2.75, 3.05) is 13.1 Å². The zero-order valence-corrected chi connectivity index (χ0v) is 11.5. The number of phenols is 1. The van der Waals surface area contributed by atoms with E-state index in [1.54, 1.807) is 30.8 Å². The van der Waals surface area contributed by atoms with Crippen molar-refractivity contribution in [3.8, 4) is 5.75 Å². The van der Waals surface area contributed by atoms with Crippen LogP contribution in [0.4, 0.5) is 0 Å². The number of hydrogen-bond acceptors (Lipinski definition) is 4. The third-order valence-corrected chi connectivity index (χ3v) is 2.69. The van der Waals surface area contributed by atoms with Crippen LogP contribution in [0.1, 0.15) is 23.5 Å². The van der Waals surface area contributed by atoms with Crippen LogP contribution in [0.25, 0.3) is 0 Å². The molecule has 104 valence electrons. The molecule has 0 unspecified atom stereocenters. The number of rotatable bonds is 6. The molecule has 0 bridgehead atoms. The molecule has 1 aromatic heterocycles. The molecule has 0 aliphatic rings. The average molecular weight is 270 g/mol. The van der Waals surface area contributed by atoms with E-state index < -0.39 is 0 Å². The van der Waals surface area contributed by atoms with Gasteiger partial charge in [-0.25, -0.2) is 4.98 Å². The van der Waals surface area contributed by atoms with Gasteiger partial charge in [0.05, 0.1) is 11.9 Å². The number of aryl methyl sites for hydroxylation is 1. The topological polar surface area (TPSA) is 73.6 Å². The fourth-order valence-electron chi connectivity index (χ4n) is 1.68. The van der Waals surface area contributed by atoms with Crippen LogP contribution >= 0.6 is 0 Å². The Morgan fingerprint density at radius 3 is 2.65 bits per heavy atom. The second-order valence-electron chi connectivity index (χ2n) is 4.41. The van der Waals surface area contributed by atoms with Crippen LogP contribution < -0.4 is 0 Å². The van der Waals surface area contributed by atoms with Gasteiger partial charge in [-0.3, -0.25) is 9.98 Å². The minimum absolute atomic E-state index is 0.254. The van der Waals surface area contributed by atoms with Crippen molar-refractivity contribution in [2.24, 2.45) is 9.98 Å². The number of nitrogens with zero attached hydrogens (tertiary/aromatic N) is 3. The Morgan fingerprint density at radius 1 is 1.20 bits per heavy atom. The van der Waals surface area contributed by atoms with E-state index in [1.165, 1.54) is 0 Å². The number of para-hydroxylation sites is 1. The van der Waals surface area contributed by atoms with Crippen molar-refractivity contribution < 1.29 is 5.11 Å². The van der Waals surface area contributed by atoms with E-state index >= 15 is 0 Å². The van der Waals surface area contributed by atoms with E-state index in [9.17, 15) is 5.11 Å². The molecule has 0 aliphatic carbocycles. The predicted molar refractivity (Wildman–Crippen MR) is 81.0 cm³/mol. The fourth-order valence-corrected chi connectivity index (χ4v) is 1.68. The second kappa shape index (κ2) is 7.23. The van der Waals surface area contributed by atoms with Crippen molar-refractivity contribution in [3.63, 3.8) is 0 Å². The molecule has 0 saturated carbocycles. The number of phenolic OH excluding ortho intramolecular Hbond substituents is 1. The van der Waals surface area contributed by atoms with Gasteiger partial charge in [-0.1, -0.05) is 12.1 Å². The van der Waals surface area contributed by atoms with Gasteiger partial charge in [0.25, 0.3) is 0 Å². The van der Waals surface area contributed by atoms with E-state index in [0.29, 0.717) is 6.54 Å². The summed E-state index contributed by atoms with van der Waals surface area (Å²) in [6.45, 7) is 3.31. The van der Waals surface area contributed by atoms with E-state index in [0.717, 1.165) is 30.0 Å². The SMILES string of the molecule is Cc1ncc(C=NCCCN=Cc2ccccc2O)[nH]1. The summed E-state index contributed by atoms with van der Waals surface area (Å²) >= 11 is 0. The van der Waals surface area contributed by atoms with Gasteiger partial charge in [-0.2, -0.15) is 0 Å². The maximum atomic E-state index is 9.56. The van der Waals surface area contributed by atoms with Crippen LogP contribution in [0.15, 0.2) is 40.4 Å². The van der Waals surface area contributed by atoms with Crippen LogP contribution in [0, 0.1) is 6.92 Å². The minimum atomic E-state index is 0.254. The molecule has 0 amide bonds. The number of benzene rings is 1. The van der Waals surface area contributed by atoms with Crippen LogP contribution in [-0.2, 0) is 0 Å². The lowest BCUT2D eigenvalue weighted by Gasteiger charge is -1.96. The quantitative estimate of drug-likeness (QED) is 0.624. The number of aliphatic imine (C=N–C) groups is 2. The Balaban J connectivity index is 1.69. The number of H-pyrrole nitrogens is 1. The molecule has 2 rings (SSSR count). The third-order valence-electron chi connectivity index (χ3n) is 2.69. The average Bonchev–Trinajstić information content (AvgIpc) is 2.85. The molecule has 0 saturated heterocycles. The number of aromatic nitrogens is 2. The van der Waals surface area contributed by atoms with E-state index in [2.05, 4.69) is 20.0 Å². The van der Waals surface area contributed by atoms with Gasteiger partial charge < -0.3 is 10.1 Å². The third kappa shape index (κ3) is 4.35. The minimum Gasteiger partial charge on any atom is -0.507 e. The highest BCUT2D eigenvalue weighted by Crippen LogP contribution is 2.12. The van der Waals surface area contributed by atoms with Gasteiger partial charge >= 0.3 is 0 Å². The lowest BCUT2D eigenvalue weighted by Crippen LogP contribution is -1.90. The number of hydrogen-bond donors (Lipinski definition) is 2. The summed E-state index contributed by atoms with van der Waals surface area (Å²) in [4.78, 5) is 15.8. The van der Waals surface area contributed by atoms with Gasteiger partial charge in [0.2, 0.25) is 0 Å². The molecule has 0 radical (unpaired) electrons. The molecule has 5 heteroatoms. The molecule has 0 fully saturated rings. The number of aromatic hydroxyl groups is 1. The maximum absolute atomic E-state index is 9.56. The standard InChI is InChI=1S/C15H18N4O/c1-12-18-11-14(19-12)10-17-8-4-7-16-9-13-5-2-3-6-15(13)20/h2-3,5-6,9-11,20H,4,7-8H2,1H3,(H,18,19).